The van der Waals surface area contributed by atoms with E-state index in [1.807, 2.05) is 24.3 Å². The molecule has 12 aromatic rings. The van der Waals surface area contributed by atoms with Crippen LogP contribution < -0.4 is 23.8 Å². The van der Waals surface area contributed by atoms with E-state index in [1.165, 1.54) is 16.7 Å². The lowest BCUT2D eigenvalue weighted by Gasteiger charge is -2.33. The van der Waals surface area contributed by atoms with Gasteiger partial charge in [0.2, 0.25) is 0 Å². The molecule has 0 amide bonds. The van der Waals surface area contributed by atoms with Crippen molar-refractivity contribution >= 4 is 98.6 Å². The Labute approximate surface area is 578 Å². The van der Waals surface area contributed by atoms with Crippen LogP contribution in [0.4, 0.5) is 5.69 Å². The van der Waals surface area contributed by atoms with Gasteiger partial charge in [0, 0.05) is 67.9 Å². The normalized spacial score (nSPS) is 14.5. The van der Waals surface area contributed by atoms with Crippen LogP contribution in [0, 0.1) is 16.2 Å². The van der Waals surface area contributed by atoms with Gasteiger partial charge in [-0.1, -0.05) is 188 Å². The summed E-state index contributed by atoms with van der Waals surface area (Å²) in [6.45, 7) is 44.5. The Bertz CT molecular complexity index is 5210. The smallest absolute Gasteiger partial charge is 0.346 e. The third-order valence-corrected chi connectivity index (χ3v) is 20.3. The Morgan fingerprint density at radius 2 is 0.786 bits per heavy atom. The lowest BCUT2D eigenvalue weighted by atomic mass is 9.72. The summed E-state index contributed by atoms with van der Waals surface area (Å²) in [6.07, 6.45) is 7.32. The fraction of sp³-hybridized carbons (Fsp3) is 0.333. The first kappa shape index (κ1) is 65.9. The number of nitrogens with zero attached hydrogens (tertiary/aromatic N) is 1. The number of cyclic esters (lactones) is 2. The molecule has 2 heterocycles. The zero-order valence-electron chi connectivity index (χ0n) is 60.5. The third-order valence-electron chi connectivity index (χ3n) is 20.3. The molecule has 1 saturated heterocycles. The molecule has 0 saturated carbocycles. The molecule has 0 atom stereocenters. The fourth-order valence-electron chi connectivity index (χ4n) is 17.2. The van der Waals surface area contributed by atoms with E-state index < -0.39 is 11.9 Å². The standard InChI is InChI=1S/C90H93NO7/c1-52(2)48-88(13,14)55-23-31-61(32-24-55)97-73-47-69(91-43-19-20-44-91)62-41-42-70(94-59-33-25-56(26-34-59)89(15,16)50-86(7,8)9)77-63-37-39-65-75-66(40-38-64(74(63)75)78(73)81(62)77)80-72(96-60-35-27-57(28-36-60)90(17,18)51-87(10,11)12)46-68-76-67(83(92)98-84(68)93)45-71(79(65)82(76)80)95-58-29-21-54(22-30-58)53(3)49-85(4,5)6/h21-42,45-47,49H,1,19-20,43-44,48,50-51H2,2-18H3/b53-49+. The van der Waals surface area contributed by atoms with E-state index in [9.17, 15) is 9.59 Å². The zero-order chi connectivity index (χ0) is 69.5. The van der Waals surface area contributed by atoms with Gasteiger partial charge in [0.25, 0.3) is 0 Å². The topological polar surface area (TPSA) is 83.5 Å². The van der Waals surface area contributed by atoms with Gasteiger partial charge in [0.15, 0.2) is 0 Å². The van der Waals surface area contributed by atoms with Crippen LogP contribution in [0.25, 0.3) is 81.0 Å². The van der Waals surface area contributed by atoms with E-state index in [-0.39, 0.29) is 43.6 Å². The molecule has 0 radical (unpaired) electrons. The van der Waals surface area contributed by atoms with Crippen LogP contribution in [0.5, 0.6) is 46.0 Å². The lowest BCUT2D eigenvalue weighted by Crippen LogP contribution is -2.24. The molecule has 14 rings (SSSR count). The number of ether oxygens (including phenoxy) is 5. The highest BCUT2D eigenvalue weighted by molar-refractivity contribution is 6.46. The quantitative estimate of drug-likeness (QED) is 0.0293. The molecule has 8 nitrogen and oxygen atoms in total. The summed E-state index contributed by atoms with van der Waals surface area (Å²) in [6, 6.07) is 52.9. The molecule has 0 unspecified atom stereocenters. The van der Waals surface area contributed by atoms with Crippen LogP contribution in [-0.4, -0.2) is 25.0 Å². The van der Waals surface area contributed by atoms with Crippen LogP contribution >= 0.6 is 0 Å². The summed E-state index contributed by atoms with van der Waals surface area (Å²) in [5.74, 6) is 3.46. The molecule has 0 N–H and O–H groups in total. The average Bonchev–Trinajstić information content (AvgIpc) is 0.696. The molecule has 2 aliphatic heterocycles. The molecule has 0 aromatic heterocycles. The van der Waals surface area contributed by atoms with Crippen molar-refractivity contribution < 1.29 is 33.3 Å². The maximum Gasteiger partial charge on any atom is 0.346 e. The second-order valence-corrected chi connectivity index (χ2v) is 33.9. The van der Waals surface area contributed by atoms with Gasteiger partial charge in [-0.25, -0.2) is 9.59 Å². The van der Waals surface area contributed by atoms with Crippen molar-refractivity contribution in [3.05, 3.63) is 203 Å². The molecule has 0 bridgehead atoms. The second kappa shape index (κ2) is 23.7. The van der Waals surface area contributed by atoms with Gasteiger partial charge >= 0.3 is 11.9 Å². The maximum atomic E-state index is 14.5. The number of hydrogen-bond acceptors (Lipinski definition) is 8. The second-order valence-electron chi connectivity index (χ2n) is 33.9. The van der Waals surface area contributed by atoms with Gasteiger partial charge in [0.1, 0.15) is 46.0 Å². The zero-order valence-corrected chi connectivity index (χ0v) is 60.5. The Morgan fingerprint density at radius 3 is 1.19 bits per heavy atom. The first-order chi connectivity index (χ1) is 46.2. The van der Waals surface area contributed by atoms with Crippen molar-refractivity contribution in [2.45, 2.75) is 166 Å². The molecular weight excluding hydrogens is 1210 g/mol. The van der Waals surface area contributed by atoms with Gasteiger partial charge in [0.05, 0.1) is 11.1 Å². The largest absolute Gasteiger partial charge is 0.457 e. The van der Waals surface area contributed by atoms with Crippen LogP contribution in [0.2, 0.25) is 0 Å². The highest BCUT2D eigenvalue weighted by Crippen LogP contribution is 2.58. The third kappa shape index (κ3) is 12.1. The summed E-state index contributed by atoms with van der Waals surface area (Å²) in [5.41, 5.74) is 8.51. The SMILES string of the molecule is C=C(C)CC(C)(C)c1ccc(Oc2cc(N3CCCC3)c3ccc(Oc4ccc(C(C)(C)CC(C)(C)C)cc4)c4c5ccc6c7c(Oc8ccc(/C(C)=C/C(C)(C)C)cc8)cc8c9c(cc(Oc%10ccc(C(C)(C)CC(C)(C)C)cc%10)c(c%10ccc(c2c34)c5c6%10)c97)C(=O)OC8=O)cc1. The van der Waals surface area contributed by atoms with Crippen molar-refractivity contribution in [2.24, 2.45) is 16.2 Å². The number of rotatable bonds is 17. The molecule has 1 fully saturated rings. The number of carbonyl (C=O) groups excluding carboxylic acids is 2. The van der Waals surface area contributed by atoms with Crippen LogP contribution in [0.15, 0.2) is 170 Å². The monoisotopic (exact) mass is 1300 g/mol. The van der Waals surface area contributed by atoms with Crippen molar-refractivity contribution in [2.75, 3.05) is 18.0 Å². The van der Waals surface area contributed by atoms with Gasteiger partial charge in [-0.3, -0.25) is 0 Å². The fourth-order valence-corrected chi connectivity index (χ4v) is 17.2. The minimum atomic E-state index is -0.743. The Balaban J connectivity index is 1.09. The Hall–Kier alpha value is -9.40. The molecule has 0 aliphatic carbocycles. The number of carbonyl (C=O) groups is 2. The summed E-state index contributed by atoms with van der Waals surface area (Å²) < 4.78 is 35.0. The number of allylic oxidation sites excluding steroid dienone is 3. The summed E-state index contributed by atoms with van der Waals surface area (Å²) in [5, 5.41) is 12.3. The van der Waals surface area contributed by atoms with Gasteiger partial charge in [-0.05, 0) is 211 Å². The van der Waals surface area contributed by atoms with Gasteiger partial charge < -0.3 is 28.6 Å². The number of hydrogen-bond donors (Lipinski definition) is 0. The predicted molar refractivity (Wildman–Crippen MR) is 408 cm³/mol. The first-order valence-corrected chi connectivity index (χ1v) is 35.1. The van der Waals surface area contributed by atoms with Crippen molar-refractivity contribution in [1.29, 1.82) is 0 Å². The average molecular weight is 1300 g/mol. The van der Waals surface area contributed by atoms with E-state index in [4.69, 9.17) is 23.7 Å². The van der Waals surface area contributed by atoms with Crippen LogP contribution in [-0.2, 0) is 21.0 Å². The minimum absolute atomic E-state index is 0.0218. The molecule has 500 valence electrons. The van der Waals surface area contributed by atoms with Crippen molar-refractivity contribution in [1.82, 2.24) is 0 Å². The highest BCUT2D eigenvalue weighted by Gasteiger charge is 2.37. The lowest BCUT2D eigenvalue weighted by molar-refractivity contribution is 0.0390. The number of benzene rings is 12. The summed E-state index contributed by atoms with van der Waals surface area (Å²) in [7, 11) is 0. The van der Waals surface area contributed by atoms with Crippen LogP contribution in [0.3, 0.4) is 0 Å². The van der Waals surface area contributed by atoms with E-state index in [1.54, 1.807) is 12.1 Å². The molecular formula is C90H93NO7. The molecule has 0 spiro atoms. The first-order valence-electron chi connectivity index (χ1n) is 35.1. The molecule has 12 aromatic carbocycles. The number of anilines is 1. The van der Waals surface area contributed by atoms with Crippen molar-refractivity contribution in [3.63, 3.8) is 0 Å². The minimum Gasteiger partial charge on any atom is -0.457 e. The van der Waals surface area contributed by atoms with Crippen molar-refractivity contribution in [3.8, 4) is 46.0 Å². The molecule has 98 heavy (non-hydrogen) atoms. The van der Waals surface area contributed by atoms with Gasteiger partial charge in [-0.2, -0.15) is 0 Å². The summed E-state index contributed by atoms with van der Waals surface area (Å²) in [4.78, 5) is 31.5. The summed E-state index contributed by atoms with van der Waals surface area (Å²) >= 11 is 0. The Kier molecular flexibility index (Phi) is 15.9. The maximum absolute atomic E-state index is 14.5. The Morgan fingerprint density at radius 1 is 0.418 bits per heavy atom. The molecule has 8 heteroatoms. The molecule has 2 aliphatic rings. The van der Waals surface area contributed by atoms with E-state index >= 15 is 0 Å². The highest BCUT2D eigenvalue weighted by atomic mass is 16.6. The van der Waals surface area contributed by atoms with E-state index in [2.05, 4.69) is 251 Å². The van der Waals surface area contributed by atoms with E-state index in [0.29, 0.717) is 39.5 Å². The van der Waals surface area contributed by atoms with Gasteiger partial charge in [-0.15, -0.1) is 6.58 Å². The predicted octanol–water partition coefficient (Wildman–Crippen LogP) is 25.8. The van der Waals surface area contributed by atoms with Crippen LogP contribution in [0.1, 0.15) is 193 Å². The van der Waals surface area contributed by atoms with E-state index in [0.717, 1.165) is 149 Å². The number of esters is 2. The number of fused-ring (bicyclic) bond motifs is 4.